The Hall–Kier alpha value is -1.86. The first kappa shape index (κ1) is 13.1. The van der Waals surface area contributed by atoms with Gasteiger partial charge in [0.2, 0.25) is 0 Å². The Morgan fingerprint density at radius 3 is 2.35 bits per heavy atom. The molecular formula is C19H20O. The molecule has 0 saturated heterocycles. The Morgan fingerprint density at radius 1 is 0.900 bits per heavy atom. The van der Waals surface area contributed by atoms with E-state index in [0.29, 0.717) is 6.10 Å². The normalized spacial score (nSPS) is 21.8. The third-order valence-corrected chi connectivity index (χ3v) is 3.77. The fraction of sp³-hybridized carbons (Fsp3) is 0.263. The van der Waals surface area contributed by atoms with Crippen molar-refractivity contribution in [3.8, 4) is 0 Å². The maximum atomic E-state index is 6.21. The topological polar surface area (TPSA) is 9.23 Å². The van der Waals surface area contributed by atoms with Gasteiger partial charge >= 0.3 is 0 Å². The Labute approximate surface area is 120 Å². The fourth-order valence-corrected chi connectivity index (χ4v) is 2.65. The van der Waals surface area contributed by atoms with Gasteiger partial charge in [-0.2, -0.15) is 0 Å². The first-order valence-electron chi connectivity index (χ1n) is 7.33. The van der Waals surface area contributed by atoms with E-state index in [4.69, 9.17) is 4.74 Å². The van der Waals surface area contributed by atoms with Crippen LogP contribution < -0.4 is 0 Å². The second-order valence-electron chi connectivity index (χ2n) is 5.28. The third-order valence-electron chi connectivity index (χ3n) is 3.77. The highest BCUT2D eigenvalue weighted by Crippen LogP contribution is 2.27. The lowest BCUT2D eigenvalue weighted by Crippen LogP contribution is -2.19. The van der Waals surface area contributed by atoms with Crippen molar-refractivity contribution < 1.29 is 4.74 Å². The first-order valence-corrected chi connectivity index (χ1v) is 7.33. The summed E-state index contributed by atoms with van der Waals surface area (Å²) in [5.74, 6) is 0. The molecule has 20 heavy (non-hydrogen) atoms. The molecule has 1 heterocycles. The summed E-state index contributed by atoms with van der Waals surface area (Å²) in [6.07, 6.45) is 8.07. The summed E-state index contributed by atoms with van der Waals surface area (Å²) < 4.78 is 6.21. The van der Waals surface area contributed by atoms with Gasteiger partial charge in [0.15, 0.2) is 0 Å². The number of hydrogen-bond acceptors (Lipinski definition) is 1. The molecule has 0 bridgehead atoms. The van der Waals surface area contributed by atoms with Crippen molar-refractivity contribution in [2.24, 2.45) is 0 Å². The van der Waals surface area contributed by atoms with Crippen LogP contribution in [0.2, 0.25) is 0 Å². The summed E-state index contributed by atoms with van der Waals surface area (Å²) in [6, 6.07) is 21.1. The van der Waals surface area contributed by atoms with Crippen LogP contribution in [0.4, 0.5) is 0 Å². The summed E-state index contributed by atoms with van der Waals surface area (Å²) in [4.78, 5) is 0. The largest absolute Gasteiger partial charge is 0.366 e. The third kappa shape index (κ3) is 3.37. The molecular weight excluding hydrogens is 244 g/mol. The van der Waals surface area contributed by atoms with Gasteiger partial charge in [0.25, 0.3) is 0 Å². The summed E-state index contributed by atoms with van der Waals surface area (Å²) in [7, 11) is 0. The highest BCUT2D eigenvalue weighted by atomic mass is 16.5. The maximum Gasteiger partial charge on any atom is 0.101 e. The molecule has 2 aromatic carbocycles. The number of benzene rings is 2. The van der Waals surface area contributed by atoms with Crippen LogP contribution in [0, 0.1) is 0 Å². The number of ether oxygens (including phenoxy) is 1. The van der Waals surface area contributed by atoms with Crippen LogP contribution >= 0.6 is 0 Å². The van der Waals surface area contributed by atoms with E-state index >= 15 is 0 Å². The molecule has 1 heteroatoms. The van der Waals surface area contributed by atoms with Gasteiger partial charge in [0.05, 0.1) is 6.10 Å². The predicted molar refractivity (Wildman–Crippen MR) is 82.6 cm³/mol. The monoisotopic (exact) mass is 264 g/mol. The zero-order valence-corrected chi connectivity index (χ0v) is 11.6. The van der Waals surface area contributed by atoms with E-state index in [9.17, 15) is 0 Å². The minimum Gasteiger partial charge on any atom is -0.366 e. The van der Waals surface area contributed by atoms with Crippen molar-refractivity contribution in [3.63, 3.8) is 0 Å². The molecule has 0 radical (unpaired) electrons. The second kappa shape index (κ2) is 6.53. The van der Waals surface area contributed by atoms with E-state index in [2.05, 4.69) is 66.7 Å². The quantitative estimate of drug-likeness (QED) is 0.727. The van der Waals surface area contributed by atoms with E-state index in [-0.39, 0.29) is 6.10 Å². The van der Waals surface area contributed by atoms with Crippen molar-refractivity contribution in [2.75, 3.05) is 0 Å². The minimum atomic E-state index is 0.116. The zero-order chi connectivity index (χ0) is 13.6. The van der Waals surface area contributed by atoms with Gasteiger partial charge in [-0.25, -0.2) is 0 Å². The summed E-state index contributed by atoms with van der Waals surface area (Å²) >= 11 is 0. The molecule has 1 aliphatic heterocycles. The molecule has 2 atom stereocenters. The zero-order valence-electron chi connectivity index (χ0n) is 11.6. The fourth-order valence-electron chi connectivity index (χ4n) is 2.65. The average Bonchev–Trinajstić information content (AvgIpc) is 2.55. The van der Waals surface area contributed by atoms with Crippen LogP contribution in [0.1, 0.15) is 30.1 Å². The molecule has 0 saturated carbocycles. The van der Waals surface area contributed by atoms with Gasteiger partial charge in [0.1, 0.15) is 6.10 Å². The maximum absolute atomic E-state index is 6.21. The number of hydrogen-bond donors (Lipinski definition) is 0. The molecule has 102 valence electrons. The highest BCUT2D eigenvalue weighted by molar-refractivity contribution is 5.22. The molecule has 0 spiro atoms. The molecule has 0 amide bonds. The van der Waals surface area contributed by atoms with Crippen LogP contribution in [0.5, 0.6) is 0 Å². The van der Waals surface area contributed by atoms with E-state index < -0.39 is 0 Å². The van der Waals surface area contributed by atoms with Crippen molar-refractivity contribution in [2.45, 2.75) is 31.5 Å². The van der Waals surface area contributed by atoms with Crippen LogP contribution in [0.3, 0.4) is 0 Å². The Morgan fingerprint density at radius 2 is 1.60 bits per heavy atom. The lowest BCUT2D eigenvalue weighted by molar-refractivity contribution is 0.000738. The van der Waals surface area contributed by atoms with Gasteiger partial charge in [-0.1, -0.05) is 72.8 Å². The van der Waals surface area contributed by atoms with E-state index in [1.807, 2.05) is 6.07 Å². The van der Waals surface area contributed by atoms with Gasteiger partial charge in [-0.15, -0.1) is 0 Å². The molecule has 0 aromatic heterocycles. The smallest absolute Gasteiger partial charge is 0.101 e. The summed E-state index contributed by atoms with van der Waals surface area (Å²) in [5.41, 5.74) is 2.63. The van der Waals surface area contributed by atoms with Gasteiger partial charge in [-0.05, 0) is 30.4 Å². The van der Waals surface area contributed by atoms with Crippen molar-refractivity contribution in [1.82, 2.24) is 0 Å². The van der Waals surface area contributed by atoms with Crippen molar-refractivity contribution >= 4 is 0 Å². The van der Waals surface area contributed by atoms with Crippen LogP contribution in [0.15, 0.2) is 72.8 Å². The van der Waals surface area contributed by atoms with Crippen LogP contribution in [-0.2, 0) is 11.2 Å². The molecule has 1 nitrogen and oxygen atoms in total. The Balaban J connectivity index is 1.59. The summed E-state index contributed by atoms with van der Waals surface area (Å²) in [6.45, 7) is 0. The van der Waals surface area contributed by atoms with Gasteiger partial charge in [-0.3, -0.25) is 0 Å². The average molecular weight is 264 g/mol. The SMILES string of the molecule is C1=C[C@@H](c2ccccc2)O[C@H](CCc2ccccc2)C1. The molecule has 2 aromatic rings. The standard InChI is InChI=1S/C19H20O/c1-3-8-16(9-4-1)14-15-18-12-7-13-19(20-18)17-10-5-2-6-11-17/h1-11,13,18-19H,12,14-15H2/t18-,19-/m0/s1. The van der Waals surface area contributed by atoms with Crippen LogP contribution in [0.25, 0.3) is 0 Å². The second-order valence-corrected chi connectivity index (χ2v) is 5.28. The lowest BCUT2D eigenvalue weighted by Gasteiger charge is -2.26. The number of aryl methyl sites for hydroxylation is 1. The molecule has 1 aliphatic rings. The van der Waals surface area contributed by atoms with E-state index in [0.717, 1.165) is 19.3 Å². The minimum absolute atomic E-state index is 0.116. The molecule has 0 unspecified atom stereocenters. The molecule has 0 aliphatic carbocycles. The van der Waals surface area contributed by atoms with E-state index in [1.165, 1.54) is 11.1 Å². The Bertz CT molecular complexity index is 544. The predicted octanol–water partition coefficient (Wildman–Crippen LogP) is 4.71. The van der Waals surface area contributed by atoms with Crippen LogP contribution in [-0.4, -0.2) is 6.10 Å². The van der Waals surface area contributed by atoms with E-state index in [1.54, 1.807) is 0 Å². The van der Waals surface area contributed by atoms with Gasteiger partial charge < -0.3 is 4.74 Å². The summed E-state index contributed by atoms with van der Waals surface area (Å²) in [5, 5.41) is 0. The van der Waals surface area contributed by atoms with Crippen molar-refractivity contribution in [1.29, 1.82) is 0 Å². The highest BCUT2D eigenvalue weighted by Gasteiger charge is 2.19. The van der Waals surface area contributed by atoms with Crippen molar-refractivity contribution in [3.05, 3.63) is 83.9 Å². The lowest BCUT2D eigenvalue weighted by atomic mass is 10.0. The first-order chi connectivity index (χ1) is 9.92. The van der Waals surface area contributed by atoms with Gasteiger partial charge in [0, 0.05) is 0 Å². The molecule has 3 rings (SSSR count). The number of rotatable bonds is 4. The molecule has 0 N–H and O–H groups in total. The molecule has 0 fully saturated rings. The Kier molecular flexibility index (Phi) is 4.29.